The maximum absolute atomic E-state index is 12.4. The first-order chi connectivity index (χ1) is 14.2. The van der Waals surface area contributed by atoms with Crippen LogP contribution in [0.4, 0.5) is 11.4 Å². The van der Waals surface area contributed by atoms with Gasteiger partial charge in [0.05, 0.1) is 22.0 Å². The number of hydrogen-bond acceptors (Lipinski definition) is 4. The van der Waals surface area contributed by atoms with Crippen molar-refractivity contribution in [3.05, 3.63) is 87.9 Å². The topological polar surface area (TPSA) is 92.3 Å². The highest BCUT2D eigenvalue weighted by Gasteiger charge is 2.16. The summed E-state index contributed by atoms with van der Waals surface area (Å²) in [5.41, 5.74) is 1.01. The van der Waals surface area contributed by atoms with Crippen molar-refractivity contribution in [3.63, 3.8) is 0 Å². The Morgan fingerprint density at radius 3 is 2.17 bits per heavy atom. The second-order valence-corrected chi connectivity index (χ2v) is 9.27. The molecule has 154 valence electrons. The van der Waals surface area contributed by atoms with E-state index in [4.69, 9.17) is 11.6 Å². The zero-order valence-corrected chi connectivity index (χ0v) is 18.6. The number of ketones is 1. The Kier molecular flexibility index (Phi) is 6.91. The fourth-order valence-electron chi connectivity index (χ4n) is 2.56. The Hall–Kier alpha value is -2.68. The molecule has 3 aromatic rings. The highest BCUT2D eigenvalue weighted by Crippen LogP contribution is 2.21. The molecule has 6 nitrogen and oxygen atoms in total. The standard InChI is InChI=1S/C21H16BrClN2O4S/c22-15-7-11-17(12-8-15)30(28,29)25-16-9-5-14(6-10-16)20(26)13-21(27)24-19-4-2-1-3-18(19)23/h1-12,25H,13H2,(H,24,27). The van der Waals surface area contributed by atoms with Gasteiger partial charge in [0.25, 0.3) is 10.0 Å². The first-order valence-electron chi connectivity index (χ1n) is 8.70. The quantitative estimate of drug-likeness (QED) is 0.343. The van der Waals surface area contributed by atoms with Crippen LogP contribution in [0.2, 0.25) is 5.02 Å². The monoisotopic (exact) mass is 506 g/mol. The third kappa shape index (κ3) is 5.69. The fourth-order valence-corrected chi connectivity index (χ4v) is 4.06. The molecule has 0 heterocycles. The van der Waals surface area contributed by atoms with E-state index in [-0.39, 0.29) is 16.9 Å². The normalized spacial score (nSPS) is 11.0. The molecule has 2 N–H and O–H groups in total. The number of carbonyl (C=O) groups excluding carboxylic acids is 2. The van der Waals surface area contributed by atoms with E-state index in [0.29, 0.717) is 16.4 Å². The van der Waals surface area contributed by atoms with Gasteiger partial charge in [-0.3, -0.25) is 14.3 Å². The lowest BCUT2D eigenvalue weighted by Gasteiger charge is -2.09. The van der Waals surface area contributed by atoms with E-state index in [2.05, 4.69) is 26.0 Å². The Morgan fingerprint density at radius 2 is 1.53 bits per heavy atom. The van der Waals surface area contributed by atoms with Crippen LogP contribution in [0.3, 0.4) is 0 Å². The molecule has 30 heavy (non-hydrogen) atoms. The summed E-state index contributed by atoms with van der Waals surface area (Å²) in [6.07, 6.45) is -0.366. The van der Waals surface area contributed by atoms with Crippen LogP contribution in [-0.4, -0.2) is 20.1 Å². The summed E-state index contributed by atoms with van der Waals surface area (Å²) in [7, 11) is -3.75. The van der Waals surface area contributed by atoms with Crippen LogP contribution in [0.15, 0.2) is 82.2 Å². The van der Waals surface area contributed by atoms with E-state index in [1.165, 1.54) is 36.4 Å². The van der Waals surface area contributed by atoms with Gasteiger partial charge in [0.2, 0.25) is 5.91 Å². The van der Waals surface area contributed by atoms with Gasteiger partial charge in [-0.15, -0.1) is 0 Å². The minimum Gasteiger partial charge on any atom is -0.324 e. The van der Waals surface area contributed by atoms with Crippen LogP contribution in [0.5, 0.6) is 0 Å². The number of amides is 1. The summed E-state index contributed by atoms with van der Waals surface area (Å²) < 4.78 is 28.1. The highest BCUT2D eigenvalue weighted by atomic mass is 79.9. The largest absolute Gasteiger partial charge is 0.324 e. The van der Waals surface area contributed by atoms with Crippen LogP contribution in [0.25, 0.3) is 0 Å². The number of benzene rings is 3. The fraction of sp³-hybridized carbons (Fsp3) is 0.0476. The summed E-state index contributed by atoms with van der Waals surface area (Å²) in [6.45, 7) is 0. The zero-order valence-electron chi connectivity index (χ0n) is 15.4. The number of anilines is 2. The van der Waals surface area contributed by atoms with Crippen molar-refractivity contribution in [1.82, 2.24) is 0 Å². The number of halogens is 2. The van der Waals surface area contributed by atoms with Crippen molar-refractivity contribution in [1.29, 1.82) is 0 Å². The van der Waals surface area contributed by atoms with Gasteiger partial charge in [-0.25, -0.2) is 8.42 Å². The zero-order chi connectivity index (χ0) is 21.7. The summed E-state index contributed by atoms with van der Waals surface area (Å²) in [6, 6.07) is 18.8. The van der Waals surface area contributed by atoms with Gasteiger partial charge < -0.3 is 5.32 Å². The molecule has 0 aliphatic rings. The molecule has 0 aliphatic carbocycles. The first-order valence-corrected chi connectivity index (χ1v) is 11.4. The summed E-state index contributed by atoms with van der Waals surface area (Å²) in [5, 5.41) is 2.96. The third-order valence-electron chi connectivity index (χ3n) is 4.05. The predicted molar refractivity (Wildman–Crippen MR) is 120 cm³/mol. The number of carbonyl (C=O) groups is 2. The SMILES string of the molecule is O=C(CC(=O)c1ccc(NS(=O)(=O)c2ccc(Br)cc2)cc1)Nc1ccccc1Cl. The third-order valence-corrected chi connectivity index (χ3v) is 6.31. The van der Waals surface area contributed by atoms with Crippen LogP contribution in [0, 0.1) is 0 Å². The molecular weight excluding hydrogens is 492 g/mol. The molecule has 0 bridgehead atoms. The maximum atomic E-state index is 12.4. The van der Waals surface area contributed by atoms with E-state index >= 15 is 0 Å². The Morgan fingerprint density at radius 1 is 0.900 bits per heavy atom. The molecule has 0 spiro atoms. The predicted octanol–water partition coefficient (Wildman–Crippen LogP) is 5.11. The van der Waals surface area contributed by atoms with Gasteiger partial charge in [-0.2, -0.15) is 0 Å². The molecule has 0 unspecified atom stereocenters. The van der Waals surface area contributed by atoms with Crippen molar-refractivity contribution < 1.29 is 18.0 Å². The minimum atomic E-state index is -3.75. The number of hydrogen-bond donors (Lipinski definition) is 2. The molecule has 3 aromatic carbocycles. The number of sulfonamides is 1. The number of rotatable bonds is 7. The van der Waals surface area contributed by atoms with Crippen molar-refractivity contribution in [2.45, 2.75) is 11.3 Å². The minimum absolute atomic E-state index is 0.113. The molecule has 0 aliphatic heterocycles. The van der Waals surface area contributed by atoms with Crippen LogP contribution < -0.4 is 10.0 Å². The van der Waals surface area contributed by atoms with Gasteiger partial charge >= 0.3 is 0 Å². The lowest BCUT2D eigenvalue weighted by molar-refractivity contribution is -0.115. The Bertz CT molecular complexity index is 1180. The Balaban J connectivity index is 1.63. The van der Waals surface area contributed by atoms with Crippen molar-refractivity contribution in [3.8, 4) is 0 Å². The van der Waals surface area contributed by atoms with E-state index in [1.54, 1.807) is 36.4 Å². The van der Waals surface area contributed by atoms with Crippen molar-refractivity contribution in [2.24, 2.45) is 0 Å². The van der Waals surface area contributed by atoms with Crippen molar-refractivity contribution in [2.75, 3.05) is 10.0 Å². The van der Waals surface area contributed by atoms with Gasteiger partial charge in [0, 0.05) is 15.7 Å². The molecule has 0 radical (unpaired) electrons. The molecule has 0 aromatic heterocycles. The van der Waals surface area contributed by atoms with E-state index in [9.17, 15) is 18.0 Å². The lowest BCUT2D eigenvalue weighted by atomic mass is 10.1. The number of nitrogens with one attached hydrogen (secondary N) is 2. The Labute approximate surface area is 187 Å². The van der Waals surface area contributed by atoms with Gasteiger partial charge in [0.15, 0.2) is 5.78 Å². The number of Topliss-reactive ketones (excluding diaryl/α,β-unsaturated/α-hetero) is 1. The lowest BCUT2D eigenvalue weighted by Crippen LogP contribution is -2.17. The van der Waals surface area contributed by atoms with Crippen LogP contribution >= 0.6 is 27.5 Å². The molecule has 3 rings (SSSR count). The highest BCUT2D eigenvalue weighted by molar-refractivity contribution is 9.10. The van der Waals surface area contributed by atoms with E-state index < -0.39 is 21.7 Å². The smallest absolute Gasteiger partial charge is 0.261 e. The number of para-hydroxylation sites is 1. The molecular formula is C21H16BrClN2O4S. The molecule has 0 saturated carbocycles. The average Bonchev–Trinajstić information content (AvgIpc) is 2.70. The maximum Gasteiger partial charge on any atom is 0.261 e. The van der Waals surface area contributed by atoms with E-state index in [0.717, 1.165) is 4.47 Å². The van der Waals surface area contributed by atoms with Crippen LogP contribution in [-0.2, 0) is 14.8 Å². The molecule has 0 atom stereocenters. The van der Waals surface area contributed by atoms with Gasteiger partial charge in [-0.05, 0) is 60.7 Å². The molecule has 9 heteroatoms. The summed E-state index contributed by atoms with van der Waals surface area (Å²) >= 11 is 9.24. The molecule has 1 amide bonds. The first kappa shape index (κ1) is 22.0. The summed E-state index contributed by atoms with van der Waals surface area (Å²) in [5.74, 6) is -0.894. The molecule has 0 saturated heterocycles. The molecule has 0 fully saturated rings. The van der Waals surface area contributed by atoms with Crippen LogP contribution in [0.1, 0.15) is 16.8 Å². The second kappa shape index (κ2) is 9.42. The summed E-state index contributed by atoms with van der Waals surface area (Å²) in [4.78, 5) is 24.6. The van der Waals surface area contributed by atoms with Gasteiger partial charge in [-0.1, -0.05) is 39.7 Å². The van der Waals surface area contributed by atoms with Crippen molar-refractivity contribution >= 4 is 60.6 Å². The van der Waals surface area contributed by atoms with E-state index in [1.807, 2.05) is 0 Å². The second-order valence-electron chi connectivity index (χ2n) is 6.26. The van der Waals surface area contributed by atoms with Gasteiger partial charge in [0.1, 0.15) is 0 Å². The average molecular weight is 508 g/mol.